The van der Waals surface area contributed by atoms with E-state index in [0.29, 0.717) is 5.56 Å². The Balaban J connectivity index is 1.24. The van der Waals surface area contributed by atoms with Crippen LogP contribution in [0.3, 0.4) is 0 Å². The van der Waals surface area contributed by atoms with Gasteiger partial charge in [0.05, 0.1) is 72.6 Å². The minimum Gasteiger partial charge on any atom is -0.306 e. The summed E-state index contributed by atoms with van der Waals surface area (Å²) < 4.78 is 12.0. The molecule has 0 atom stereocenters. The zero-order valence-electron chi connectivity index (χ0n) is 46.0. The van der Waals surface area contributed by atoms with Crippen LogP contribution in [0.25, 0.3) is 149 Å². The smallest absolute Gasteiger partial charge is 0.146 e. The predicted octanol–water partition coefficient (Wildman–Crippen LogP) is 18.7. The van der Waals surface area contributed by atoms with Crippen LogP contribution in [-0.4, -0.2) is 32.8 Å². The van der Waals surface area contributed by atoms with Crippen LogP contribution < -0.4 is 0 Å². The Hall–Kier alpha value is -11.0. The normalized spacial score (nSPS) is 12.1. The number of aromatic nitrogens is 7. The number of aryl methyl sites for hydroxylation is 4. The van der Waals surface area contributed by atoms with Crippen molar-refractivity contribution in [2.24, 2.45) is 0 Å². The van der Waals surface area contributed by atoms with Crippen LogP contribution in [0.5, 0.6) is 0 Å². The highest BCUT2D eigenvalue weighted by Crippen LogP contribution is 2.53. The first kappa shape index (κ1) is 46.9. The molecule has 0 fully saturated rings. The van der Waals surface area contributed by atoms with E-state index in [0.717, 1.165) is 171 Å². The maximum atomic E-state index is 13.1. The van der Waals surface area contributed by atoms with Gasteiger partial charge in [0.25, 0.3) is 0 Å². The van der Waals surface area contributed by atoms with Gasteiger partial charge in [0.1, 0.15) is 22.9 Å². The highest BCUT2D eigenvalue weighted by molar-refractivity contribution is 6.18. The van der Waals surface area contributed by atoms with Crippen LogP contribution in [0, 0.1) is 39.0 Å². The maximum Gasteiger partial charge on any atom is 0.146 e. The van der Waals surface area contributed by atoms with Crippen LogP contribution >= 0.6 is 0 Å². The van der Waals surface area contributed by atoms with Crippen molar-refractivity contribution in [3.63, 3.8) is 0 Å². The highest BCUT2D eigenvalue weighted by atomic mass is 15.1. The van der Waals surface area contributed by atoms with Crippen LogP contribution in [0.2, 0.25) is 0 Å². The fourth-order valence-corrected chi connectivity index (χ4v) is 14.0. The van der Waals surface area contributed by atoms with Gasteiger partial charge in [0.15, 0.2) is 0 Å². The summed E-state index contributed by atoms with van der Waals surface area (Å²) in [5.41, 5.74) is 20.7. The minimum absolute atomic E-state index is 0.513. The topological polar surface area (TPSA) is 74.2 Å². The van der Waals surface area contributed by atoms with E-state index in [2.05, 4.69) is 263 Å². The Morgan fingerprint density at radius 2 is 0.614 bits per heavy atom. The van der Waals surface area contributed by atoms with Crippen molar-refractivity contribution in [2.75, 3.05) is 0 Å². The molecule has 0 aliphatic carbocycles. The molecule has 0 radical (unpaired) electrons. The van der Waals surface area contributed by atoms with Crippen LogP contribution in [0.1, 0.15) is 27.8 Å². The second-order valence-electron chi connectivity index (χ2n) is 22.4. The molecule has 0 aliphatic rings. The fourth-order valence-electron chi connectivity index (χ4n) is 14.0. The molecule has 83 heavy (non-hydrogen) atoms. The van der Waals surface area contributed by atoms with Crippen molar-refractivity contribution < 1.29 is 0 Å². The molecule has 0 bridgehead atoms. The fraction of sp³-hybridized carbons (Fsp3) is 0.0533. The molecule has 0 amide bonds. The zero-order valence-corrected chi connectivity index (χ0v) is 46.0. The van der Waals surface area contributed by atoms with E-state index < -0.39 is 0 Å². The van der Waals surface area contributed by atoms with E-state index in [4.69, 9.17) is 9.97 Å². The van der Waals surface area contributed by atoms with E-state index in [-0.39, 0.29) is 0 Å². The third-order valence-corrected chi connectivity index (χ3v) is 17.4. The van der Waals surface area contributed by atoms with E-state index in [1.807, 2.05) is 24.5 Å². The Morgan fingerprint density at radius 3 is 0.988 bits per heavy atom. The third kappa shape index (κ3) is 6.50. The van der Waals surface area contributed by atoms with E-state index in [9.17, 15) is 5.26 Å². The molecular weight excluding hydrogens is 1010 g/mol. The minimum atomic E-state index is 0.513. The predicted molar refractivity (Wildman–Crippen MR) is 343 cm³/mol. The molecule has 7 aromatic heterocycles. The van der Waals surface area contributed by atoms with Crippen molar-refractivity contribution in [2.45, 2.75) is 27.7 Å². The number of hydrogen-bond donors (Lipinski definition) is 0. The van der Waals surface area contributed by atoms with Crippen molar-refractivity contribution >= 4 is 109 Å². The summed E-state index contributed by atoms with van der Waals surface area (Å²) in [5, 5.41) is 24.0. The van der Waals surface area contributed by atoms with Gasteiger partial charge in [0, 0.05) is 77.4 Å². The van der Waals surface area contributed by atoms with Gasteiger partial charge in [-0.15, -0.1) is 0 Å². The molecular formula is C75H50N8. The summed E-state index contributed by atoms with van der Waals surface area (Å²) in [4.78, 5) is 10.4. The molecule has 0 N–H and O–H groups in total. The lowest BCUT2D eigenvalue weighted by atomic mass is 9.92. The average molecular weight is 1060 g/mol. The van der Waals surface area contributed by atoms with Gasteiger partial charge >= 0.3 is 0 Å². The van der Waals surface area contributed by atoms with E-state index >= 15 is 0 Å². The van der Waals surface area contributed by atoms with Crippen molar-refractivity contribution in [3.8, 4) is 45.6 Å². The molecule has 17 rings (SSSR count). The molecule has 8 heteroatoms. The number of pyridine rings is 2. The molecule has 0 unspecified atom stereocenters. The van der Waals surface area contributed by atoms with Gasteiger partial charge < -0.3 is 18.3 Å². The molecule has 0 saturated carbocycles. The number of benzene rings is 10. The number of rotatable bonds is 6. The standard InChI is InChI=1S/C75H50N8/c1-44-29-33-65-55(39-44)48-17-5-10-24-60(48)79(65)70-59(43-76)71(80-61-25-11-6-18-49(61)56-40-45(2)30-34-66(56)80)73(82-63-27-13-8-20-51(63)58-42-47(4)32-36-68(58)82)69(72(70)81-62-26-12-7-19-50(62)57-41-46(3)31-35-67(57)81)54-21-9-14-28-64(54)83-74-52(22-15-37-77-74)53-23-16-38-78-75(53)83/h5-42H,1-4H3. The summed E-state index contributed by atoms with van der Waals surface area (Å²) >= 11 is 0. The van der Waals surface area contributed by atoms with Gasteiger partial charge in [-0.05, 0) is 131 Å². The molecule has 8 nitrogen and oxygen atoms in total. The van der Waals surface area contributed by atoms with Gasteiger partial charge in [-0.2, -0.15) is 5.26 Å². The van der Waals surface area contributed by atoms with Crippen molar-refractivity contribution in [1.82, 2.24) is 32.8 Å². The summed E-state index contributed by atoms with van der Waals surface area (Å²) in [6.07, 6.45) is 3.76. The molecule has 10 aromatic carbocycles. The van der Waals surface area contributed by atoms with Gasteiger partial charge in [-0.25, -0.2) is 9.97 Å². The van der Waals surface area contributed by atoms with Crippen LogP contribution in [-0.2, 0) is 0 Å². The molecule has 0 saturated heterocycles. The first-order chi connectivity index (χ1) is 40.8. The Labute approximate surface area is 476 Å². The first-order valence-electron chi connectivity index (χ1n) is 28.3. The van der Waals surface area contributed by atoms with Crippen LogP contribution in [0.15, 0.2) is 231 Å². The highest BCUT2D eigenvalue weighted by Gasteiger charge is 2.36. The van der Waals surface area contributed by atoms with Crippen LogP contribution in [0.4, 0.5) is 0 Å². The van der Waals surface area contributed by atoms with Crippen molar-refractivity contribution in [1.29, 1.82) is 5.26 Å². The number of fused-ring (bicyclic) bond motifs is 15. The first-order valence-corrected chi connectivity index (χ1v) is 28.3. The molecule has 0 aliphatic heterocycles. The number of hydrogen-bond acceptors (Lipinski definition) is 3. The molecule has 390 valence electrons. The van der Waals surface area contributed by atoms with E-state index in [1.54, 1.807) is 0 Å². The number of nitriles is 1. The van der Waals surface area contributed by atoms with Gasteiger partial charge in [-0.1, -0.05) is 138 Å². The van der Waals surface area contributed by atoms with Gasteiger partial charge in [0.2, 0.25) is 0 Å². The second-order valence-corrected chi connectivity index (χ2v) is 22.4. The Morgan fingerprint density at radius 1 is 0.301 bits per heavy atom. The molecule has 7 heterocycles. The Kier molecular flexibility index (Phi) is 9.88. The summed E-state index contributed by atoms with van der Waals surface area (Å²) in [5.74, 6) is 0. The molecule has 17 aromatic rings. The maximum absolute atomic E-state index is 13.1. The average Bonchev–Trinajstić information content (AvgIpc) is 1.78. The third-order valence-electron chi connectivity index (χ3n) is 17.4. The van der Waals surface area contributed by atoms with Gasteiger partial charge in [-0.3, -0.25) is 4.57 Å². The molecule has 0 spiro atoms. The zero-order chi connectivity index (χ0) is 55.4. The SMILES string of the molecule is Cc1ccc2c(c1)c1ccccc1n2-c1c(C#N)c(-n2c3ccccc3c3cc(C)ccc32)c(-n2c3ccccc3c3cc(C)ccc32)c(-c2ccccc2-n2c3ncccc3c3cccnc32)c1-n1c2ccccc2c2cc(C)ccc21. The lowest BCUT2D eigenvalue weighted by molar-refractivity contribution is 1.03. The summed E-state index contributed by atoms with van der Waals surface area (Å²) in [6, 6.07) is 82.3. The summed E-state index contributed by atoms with van der Waals surface area (Å²) in [6.45, 7) is 8.67. The Bertz CT molecular complexity index is 5390. The number of para-hydroxylation sites is 5. The second kappa shape index (κ2) is 17.5. The quantitative estimate of drug-likeness (QED) is 0.167. The monoisotopic (exact) mass is 1060 g/mol. The van der Waals surface area contributed by atoms with Crippen molar-refractivity contribution in [3.05, 3.63) is 259 Å². The lowest BCUT2D eigenvalue weighted by Gasteiger charge is -2.30. The lowest BCUT2D eigenvalue weighted by Crippen LogP contribution is -2.17. The largest absolute Gasteiger partial charge is 0.306 e. The van der Waals surface area contributed by atoms with E-state index in [1.165, 1.54) is 0 Å². The summed E-state index contributed by atoms with van der Waals surface area (Å²) in [7, 11) is 0. The number of nitrogens with zero attached hydrogens (tertiary/aromatic N) is 8.